The van der Waals surface area contributed by atoms with E-state index >= 15 is 0 Å². The predicted molar refractivity (Wildman–Crippen MR) is 81.2 cm³/mol. The van der Waals surface area contributed by atoms with E-state index in [0.717, 1.165) is 10.0 Å². The molecule has 0 amide bonds. The first kappa shape index (κ1) is 15.8. The largest absolute Gasteiger partial charge is 0.489 e. The third kappa shape index (κ3) is 3.95. The summed E-state index contributed by atoms with van der Waals surface area (Å²) < 4.78 is 23.9. The Morgan fingerprint density at radius 3 is 2.67 bits per heavy atom. The van der Waals surface area contributed by atoms with Crippen LogP contribution in [0.3, 0.4) is 0 Å². The summed E-state index contributed by atoms with van der Waals surface area (Å²) in [4.78, 5) is 11.4. The Bertz CT molecular complexity index is 676. The molecule has 2 aromatic carbocycles. The summed E-state index contributed by atoms with van der Waals surface area (Å²) >= 11 is 9.05. The van der Waals surface area contributed by atoms with Gasteiger partial charge in [-0.05, 0) is 24.3 Å². The number of hydrogen-bond acceptors (Lipinski definition) is 3. The fourth-order valence-corrected chi connectivity index (χ4v) is 2.30. The van der Waals surface area contributed by atoms with Crippen molar-refractivity contribution in [3.05, 3.63) is 62.8 Å². The number of methoxy groups -OCH3 is 1. The molecule has 0 atom stereocenters. The minimum atomic E-state index is -0.493. The van der Waals surface area contributed by atoms with Crippen molar-refractivity contribution in [2.75, 3.05) is 7.11 Å². The van der Waals surface area contributed by atoms with Crippen molar-refractivity contribution in [2.24, 2.45) is 0 Å². The van der Waals surface area contributed by atoms with Gasteiger partial charge in [0.25, 0.3) is 0 Å². The van der Waals surface area contributed by atoms with Crippen LogP contribution in [0.15, 0.2) is 40.9 Å². The molecule has 3 nitrogen and oxygen atoms in total. The van der Waals surface area contributed by atoms with Crippen LogP contribution in [0.25, 0.3) is 0 Å². The number of carbonyl (C=O) groups is 1. The van der Waals surface area contributed by atoms with Gasteiger partial charge in [0, 0.05) is 16.1 Å². The molecule has 0 aliphatic carbocycles. The molecule has 0 aliphatic rings. The minimum absolute atomic E-state index is 0.00704. The minimum Gasteiger partial charge on any atom is -0.489 e. The molecule has 0 aliphatic heterocycles. The molecule has 21 heavy (non-hydrogen) atoms. The molecule has 110 valence electrons. The summed E-state index contributed by atoms with van der Waals surface area (Å²) in [6.45, 7) is 0.254. The highest BCUT2D eigenvalue weighted by molar-refractivity contribution is 9.10. The number of halogens is 3. The first-order chi connectivity index (χ1) is 10.0. The lowest BCUT2D eigenvalue weighted by atomic mass is 10.1. The second kappa shape index (κ2) is 6.91. The van der Waals surface area contributed by atoms with Gasteiger partial charge in [0.1, 0.15) is 18.2 Å². The molecular formula is C15H11BrClFO3. The van der Waals surface area contributed by atoms with Crippen LogP contribution in [-0.4, -0.2) is 13.1 Å². The summed E-state index contributed by atoms with van der Waals surface area (Å²) in [5.41, 5.74) is 1.28. The molecule has 0 radical (unpaired) electrons. The number of benzene rings is 2. The highest BCUT2D eigenvalue weighted by Gasteiger charge is 2.09. The van der Waals surface area contributed by atoms with Crippen molar-refractivity contribution >= 4 is 33.5 Å². The molecule has 0 fully saturated rings. The summed E-state index contributed by atoms with van der Waals surface area (Å²) in [5, 5.41) is 0.00704. The zero-order valence-corrected chi connectivity index (χ0v) is 13.4. The average Bonchev–Trinajstić information content (AvgIpc) is 2.48. The van der Waals surface area contributed by atoms with Crippen LogP contribution in [0.4, 0.5) is 4.39 Å². The molecule has 0 bridgehead atoms. The van der Waals surface area contributed by atoms with Crippen LogP contribution in [-0.2, 0) is 11.3 Å². The number of ether oxygens (including phenoxy) is 2. The second-order valence-electron chi connectivity index (χ2n) is 4.16. The van der Waals surface area contributed by atoms with Gasteiger partial charge in [-0.1, -0.05) is 33.6 Å². The average molecular weight is 374 g/mol. The molecule has 0 N–H and O–H groups in total. The third-order valence-corrected chi connectivity index (χ3v) is 3.79. The quantitative estimate of drug-likeness (QED) is 0.734. The van der Waals surface area contributed by atoms with E-state index in [1.54, 1.807) is 18.2 Å². The van der Waals surface area contributed by atoms with E-state index < -0.39 is 11.8 Å². The first-order valence-corrected chi connectivity index (χ1v) is 7.13. The number of carbonyl (C=O) groups excluding carboxylic acids is 1. The molecular weight excluding hydrogens is 363 g/mol. The predicted octanol–water partition coefficient (Wildman–Crippen LogP) is 4.61. The Kier molecular flexibility index (Phi) is 5.20. The van der Waals surface area contributed by atoms with Gasteiger partial charge in [-0.3, -0.25) is 0 Å². The fraction of sp³-hybridized carbons (Fsp3) is 0.133. The summed E-state index contributed by atoms with van der Waals surface area (Å²) in [6, 6.07) is 9.20. The van der Waals surface area contributed by atoms with Crippen LogP contribution in [0.1, 0.15) is 15.9 Å². The summed E-state index contributed by atoms with van der Waals surface area (Å²) in [5.74, 6) is -0.438. The summed E-state index contributed by atoms with van der Waals surface area (Å²) in [6.07, 6.45) is 0. The topological polar surface area (TPSA) is 35.5 Å². The van der Waals surface area contributed by atoms with E-state index in [-0.39, 0.29) is 11.6 Å². The van der Waals surface area contributed by atoms with E-state index in [1.807, 2.05) is 0 Å². The van der Waals surface area contributed by atoms with E-state index in [0.29, 0.717) is 11.3 Å². The number of hydrogen-bond donors (Lipinski definition) is 0. The van der Waals surface area contributed by atoms with Crippen LogP contribution >= 0.6 is 27.5 Å². The first-order valence-electron chi connectivity index (χ1n) is 5.96. The van der Waals surface area contributed by atoms with Gasteiger partial charge in [0.15, 0.2) is 0 Å². The Balaban J connectivity index is 2.09. The zero-order valence-electron chi connectivity index (χ0n) is 11.0. The monoisotopic (exact) mass is 372 g/mol. The van der Waals surface area contributed by atoms with E-state index in [4.69, 9.17) is 16.3 Å². The molecule has 6 heteroatoms. The van der Waals surface area contributed by atoms with Crippen molar-refractivity contribution in [2.45, 2.75) is 6.61 Å². The van der Waals surface area contributed by atoms with Crippen LogP contribution in [0.5, 0.6) is 5.75 Å². The van der Waals surface area contributed by atoms with Crippen LogP contribution in [0.2, 0.25) is 5.02 Å². The van der Waals surface area contributed by atoms with Gasteiger partial charge >= 0.3 is 5.97 Å². The molecule has 0 saturated carbocycles. The van der Waals surface area contributed by atoms with Gasteiger partial charge in [-0.15, -0.1) is 0 Å². The van der Waals surface area contributed by atoms with Crippen LogP contribution in [0, 0.1) is 5.82 Å². The van der Waals surface area contributed by atoms with E-state index in [2.05, 4.69) is 20.7 Å². The Morgan fingerprint density at radius 2 is 2.05 bits per heavy atom. The van der Waals surface area contributed by atoms with E-state index in [9.17, 15) is 9.18 Å². The van der Waals surface area contributed by atoms with Crippen molar-refractivity contribution in [3.63, 3.8) is 0 Å². The maximum absolute atomic E-state index is 13.0. The Morgan fingerprint density at radius 1 is 1.29 bits per heavy atom. The lowest BCUT2D eigenvalue weighted by Crippen LogP contribution is -2.03. The standard InChI is InChI=1S/C15H11BrClFO3/c1-20-15(19)9-2-3-10(12(16)6-9)8-21-11-4-5-14(18)13(17)7-11/h2-7H,8H2,1H3. The molecule has 0 saturated heterocycles. The number of esters is 1. The third-order valence-electron chi connectivity index (χ3n) is 2.76. The van der Waals surface area contributed by atoms with Crippen molar-refractivity contribution < 1.29 is 18.7 Å². The molecule has 0 unspecified atom stereocenters. The van der Waals surface area contributed by atoms with Gasteiger partial charge in [0.2, 0.25) is 0 Å². The zero-order chi connectivity index (χ0) is 15.4. The molecule has 0 aromatic heterocycles. The van der Waals surface area contributed by atoms with Crippen molar-refractivity contribution in [1.29, 1.82) is 0 Å². The highest BCUT2D eigenvalue weighted by Crippen LogP contribution is 2.24. The highest BCUT2D eigenvalue weighted by atomic mass is 79.9. The Labute approximate surface area is 134 Å². The lowest BCUT2D eigenvalue weighted by molar-refractivity contribution is 0.0600. The second-order valence-corrected chi connectivity index (χ2v) is 5.42. The molecule has 0 heterocycles. The van der Waals surface area contributed by atoms with Crippen molar-refractivity contribution in [1.82, 2.24) is 0 Å². The smallest absolute Gasteiger partial charge is 0.337 e. The molecule has 2 rings (SSSR count). The molecule has 2 aromatic rings. The maximum atomic E-state index is 13.0. The fourth-order valence-electron chi connectivity index (χ4n) is 1.64. The van der Waals surface area contributed by atoms with Crippen molar-refractivity contribution in [3.8, 4) is 5.75 Å². The SMILES string of the molecule is COC(=O)c1ccc(COc2ccc(F)c(Cl)c2)c(Br)c1. The van der Waals surface area contributed by atoms with Gasteiger partial charge in [-0.25, -0.2) is 9.18 Å². The van der Waals surface area contributed by atoms with Gasteiger partial charge in [0.05, 0.1) is 17.7 Å². The number of rotatable bonds is 4. The van der Waals surface area contributed by atoms with E-state index in [1.165, 1.54) is 25.3 Å². The summed E-state index contributed by atoms with van der Waals surface area (Å²) in [7, 11) is 1.32. The van der Waals surface area contributed by atoms with Gasteiger partial charge in [-0.2, -0.15) is 0 Å². The van der Waals surface area contributed by atoms with Gasteiger partial charge < -0.3 is 9.47 Å². The normalized spacial score (nSPS) is 10.3. The van der Waals surface area contributed by atoms with Crippen LogP contribution < -0.4 is 4.74 Å². The Hall–Kier alpha value is -1.59. The lowest BCUT2D eigenvalue weighted by Gasteiger charge is -2.09. The molecule has 0 spiro atoms. The maximum Gasteiger partial charge on any atom is 0.337 e.